The molecule has 9 rings (SSSR count). The zero-order chi connectivity index (χ0) is 26.6. The third kappa shape index (κ3) is 2.63. The van der Waals surface area contributed by atoms with Crippen LogP contribution in [0.3, 0.4) is 0 Å². The molecule has 8 aromatic rings. The van der Waals surface area contributed by atoms with E-state index >= 15 is 0 Å². The summed E-state index contributed by atoms with van der Waals surface area (Å²) in [5.74, 6) is 0.605. The zero-order valence-electron chi connectivity index (χ0n) is 21.1. The van der Waals surface area contributed by atoms with E-state index in [4.69, 9.17) is 4.42 Å². The van der Waals surface area contributed by atoms with Crippen molar-refractivity contribution in [3.63, 3.8) is 0 Å². The molecule has 5 nitrogen and oxygen atoms in total. The Hall–Kier alpha value is -5.07. The van der Waals surface area contributed by atoms with Crippen LogP contribution < -0.4 is 0 Å². The molecule has 0 spiro atoms. The molecule has 0 amide bonds. The first-order chi connectivity index (χ1) is 19.6. The molecule has 3 aromatic heterocycles. The van der Waals surface area contributed by atoms with Crippen LogP contribution in [0.2, 0.25) is 0 Å². The Morgan fingerprint density at radius 1 is 0.575 bits per heavy atom. The Morgan fingerprint density at radius 2 is 1.30 bits per heavy atom. The Morgan fingerprint density at radius 3 is 2.20 bits per heavy atom. The number of benzene rings is 5. The fourth-order valence-electron chi connectivity index (χ4n) is 6.47. The summed E-state index contributed by atoms with van der Waals surface area (Å²) in [7, 11) is -3.83. The number of nitrogens with zero attached hydrogens (tertiary/aromatic N) is 2. The van der Waals surface area contributed by atoms with Gasteiger partial charge in [0.25, 0.3) is 10.0 Å². The monoisotopic (exact) mass is 536 g/mol. The second-order valence-electron chi connectivity index (χ2n) is 10.2. The molecule has 0 aliphatic carbocycles. The smallest absolute Gasteiger partial charge is 0.269 e. The molecule has 0 bridgehead atoms. The summed E-state index contributed by atoms with van der Waals surface area (Å²) in [6.45, 7) is 0. The predicted molar refractivity (Wildman–Crippen MR) is 160 cm³/mol. The molecule has 0 fully saturated rings. The summed E-state index contributed by atoms with van der Waals surface area (Å²) in [6, 6.07) is 38.3. The first kappa shape index (κ1) is 21.8. The minimum absolute atomic E-state index is 0.305. The van der Waals surface area contributed by atoms with Gasteiger partial charge in [-0.1, -0.05) is 97.1 Å². The SMILES string of the molecule is O=S1(=O)c2ccccc2-c2cccc3c4c(-n5c6ccccc6c6ccc(-c7ccccc7)cc65)occ4n1c23. The van der Waals surface area contributed by atoms with E-state index in [2.05, 4.69) is 47.0 Å². The van der Waals surface area contributed by atoms with Crippen molar-refractivity contribution in [2.75, 3.05) is 0 Å². The minimum Gasteiger partial charge on any atom is -0.445 e. The van der Waals surface area contributed by atoms with Gasteiger partial charge < -0.3 is 4.42 Å². The van der Waals surface area contributed by atoms with E-state index in [9.17, 15) is 8.42 Å². The van der Waals surface area contributed by atoms with Crippen molar-refractivity contribution in [2.24, 2.45) is 0 Å². The molecule has 0 radical (unpaired) electrons. The van der Waals surface area contributed by atoms with E-state index in [0.29, 0.717) is 21.8 Å². The topological polar surface area (TPSA) is 57.1 Å². The lowest BCUT2D eigenvalue weighted by molar-refractivity contribution is 0.550. The zero-order valence-corrected chi connectivity index (χ0v) is 21.9. The molecule has 0 saturated carbocycles. The largest absolute Gasteiger partial charge is 0.445 e. The number of hydrogen-bond donors (Lipinski definition) is 0. The summed E-state index contributed by atoms with van der Waals surface area (Å²) in [6.07, 6.45) is 1.58. The molecule has 0 saturated heterocycles. The standard InChI is InChI=1S/C34H20N2O3S/c37-40(38)31-16-7-5-12-25(31)26-13-8-14-27-32-30(36(40)33(26)27)20-39-34(32)35-28-15-6-4-11-23(28)24-18-17-22(19-29(24)35)21-9-2-1-3-10-21/h1-20H. The van der Waals surface area contributed by atoms with Crippen molar-refractivity contribution in [3.05, 3.63) is 122 Å². The molecule has 190 valence electrons. The maximum Gasteiger partial charge on any atom is 0.269 e. The van der Waals surface area contributed by atoms with Crippen LogP contribution in [0.4, 0.5) is 0 Å². The van der Waals surface area contributed by atoms with Gasteiger partial charge in [-0.05, 0) is 29.3 Å². The fourth-order valence-corrected chi connectivity index (χ4v) is 8.20. The lowest BCUT2D eigenvalue weighted by atomic mass is 10.0. The van der Waals surface area contributed by atoms with Crippen molar-refractivity contribution in [1.29, 1.82) is 0 Å². The van der Waals surface area contributed by atoms with Crippen LogP contribution >= 0.6 is 0 Å². The summed E-state index contributed by atoms with van der Waals surface area (Å²) < 4.78 is 37.9. The van der Waals surface area contributed by atoms with Gasteiger partial charge in [-0.15, -0.1) is 0 Å². The highest BCUT2D eigenvalue weighted by atomic mass is 32.2. The molecule has 1 aliphatic heterocycles. The highest BCUT2D eigenvalue weighted by Gasteiger charge is 2.34. The summed E-state index contributed by atoms with van der Waals surface area (Å²) in [5, 5.41) is 3.84. The molecular formula is C34H20N2O3S. The fraction of sp³-hybridized carbons (Fsp3) is 0. The quantitative estimate of drug-likeness (QED) is 0.223. The van der Waals surface area contributed by atoms with Gasteiger partial charge in [0.2, 0.25) is 5.88 Å². The van der Waals surface area contributed by atoms with Crippen molar-refractivity contribution in [3.8, 4) is 28.1 Å². The van der Waals surface area contributed by atoms with Crippen molar-refractivity contribution >= 4 is 53.6 Å². The number of aromatic nitrogens is 2. The maximum atomic E-state index is 14.0. The van der Waals surface area contributed by atoms with Gasteiger partial charge in [-0.3, -0.25) is 4.57 Å². The Labute approximate surface area is 229 Å². The third-order valence-electron chi connectivity index (χ3n) is 8.16. The number of furan rings is 1. The molecule has 1 aliphatic rings. The number of para-hydroxylation sites is 2. The molecule has 6 heteroatoms. The van der Waals surface area contributed by atoms with Crippen molar-refractivity contribution in [1.82, 2.24) is 8.54 Å². The molecule has 40 heavy (non-hydrogen) atoms. The van der Waals surface area contributed by atoms with E-state index in [1.54, 1.807) is 18.4 Å². The highest BCUT2D eigenvalue weighted by Crippen LogP contribution is 2.47. The van der Waals surface area contributed by atoms with Gasteiger partial charge >= 0.3 is 0 Å². The van der Waals surface area contributed by atoms with E-state index in [1.165, 1.54) is 3.97 Å². The van der Waals surface area contributed by atoms with Crippen LogP contribution in [0.5, 0.6) is 0 Å². The number of rotatable bonds is 2. The van der Waals surface area contributed by atoms with Crippen molar-refractivity contribution in [2.45, 2.75) is 4.90 Å². The average Bonchev–Trinajstić information content (AvgIpc) is 3.66. The van der Waals surface area contributed by atoms with Gasteiger partial charge in [-0.25, -0.2) is 12.4 Å². The Bertz CT molecular complexity index is 2440. The second-order valence-corrected chi connectivity index (χ2v) is 12.0. The molecule has 4 heterocycles. The van der Waals surface area contributed by atoms with Gasteiger partial charge in [-0.2, -0.15) is 0 Å². The van der Waals surface area contributed by atoms with E-state index in [1.807, 2.05) is 60.7 Å². The highest BCUT2D eigenvalue weighted by molar-refractivity contribution is 7.90. The molecular weight excluding hydrogens is 516 g/mol. The minimum atomic E-state index is -3.83. The summed E-state index contributed by atoms with van der Waals surface area (Å²) in [4.78, 5) is 0.305. The third-order valence-corrected chi connectivity index (χ3v) is 9.93. The van der Waals surface area contributed by atoms with Crippen LogP contribution in [-0.2, 0) is 10.0 Å². The summed E-state index contributed by atoms with van der Waals surface area (Å²) >= 11 is 0. The van der Waals surface area contributed by atoms with Gasteiger partial charge in [0.1, 0.15) is 11.8 Å². The van der Waals surface area contributed by atoms with Gasteiger partial charge in [0.15, 0.2) is 0 Å². The van der Waals surface area contributed by atoms with Crippen LogP contribution in [-0.4, -0.2) is 17.0 Å². The first-order valence-electron chi connectivity index (χ1n) is 13.1. The number of hydrogen-bond acceptors (Lipinski definition) is 3. The van der Waals surface area contributed by atoms with Gasteiger partial charge in [0.05, 0.1) is 26.8 Å². The van der Waals surface area contributed by atoms with Crippen LogP contribution in [0, 0.1) is 0 Å². The predicted octanol–water partition coefficient (Wildman–Crippen LogP) is 8.37. The maximum absolute atomic E-state index is 14.0. The molecule has 0 atom stereocenters. The first-order valence-corrected chi connectivity index (χ1v) is 14.6. The second kappa shape index (κ2) is 7.52. The van der Waals surface area contributed by atoms with E-state index in [-0.39, 0.29) is 0 Å². The van der Waals surface area contributed by atoms with Crippen LogP contribution in [0.25, 0.3) is 71.7 Å². The van der Waals surface area contributed by atoms with Crippen LogP contribution in [0.1, 0.15) is 0 Å². The van der Waals surface area contributed by atoms with Gasteiger partial charge in [0, 0.05) is 27.3 Å². The van der Waals surface area contributed by atoms with E-state index < -0.39 is 10.0 Å². The molecule has 0 N–H and O–H groups in total. The Balaban J connectivity index is 1.44. The Kier molecular flexibility index (Phi) is 4.10. The van der Waals surface area contributed by atoms with Crippen molar-refractivity contribution < 1.29 is 12.8 Å². The lowest BCUT2D eigenvalue weighted by Gasteiger charge is -2.20. The lowest BCUT2D eigenvalue weighted by Crippen LogP contribution is -2.17. The molecule has 5 aromatic carbocycles. The average molecular weight is 537 g/mol. The number of fused-ring (bicyclic) bond motifs is 8. The molecule has 0 unspecified atom stereocenters. The summed E-state index contributed by atoms with van der Waals surface area (Å²) in [5.41, 5.74) is 7.07. The van der Waals surface area contributed by atoms with Crippen LogP contribution in [0.15, 0.2) is 131 Å². The van der Waals surface area contributed by atoms with E-state index in [0.717, 1.165) is 54.8 Å². The normalized spacial score (nSPS) is 13.9.